The summed E-state index contributed by atoms with van der Waals surface area (Å²) in [6.45, 7) is 0. The van der Waals surface area contributed by atoms with Crippen molar-refractivity contribution >= 4 is 11.7 Å². The molecule has 0 atom stereocenters. The Morgan fingerprint density at radius 2 is 2.42 bits per heavy atom. The van der Waals surface area contributed by atoms with Crippen molar-refractivity contribution < 1.29 is 9.63 Å². The highest BCUT2D eigenvalue weighted by molar-refractivity contribution is 5.91. The van der Waals surface area contributed by atoms with Gasteiger partial charge in [-0.15, -0.1) is 0 Å². The van der Waals surface area contributed by atoms with E-state index >= 15 is 0 Å². The summed E-state index contributed by atoms with van der Waals surface area (Å²) >= 11 is 0. The Labute approximate surface area is 69.5 Å². The molecule has 1 amide bonds. The molecule has 0 aliphatic carbocycles. The van der Waals surface area contributed by atoms with Crippen molar-refractivity contribution in [3.63, 3.8) is 0 Å². The van der Waals surface area contributed by atoms with E-state index in [0.717, 1.165) is 0 Å². The summed E-state index contributed by atoms with van der Waals surface area (Å²) in [6.07, 6.45) is 0. The lowest BCUT2D eigenvalue weighted by Crippen LogP contribution is -2.23. The molecule has 1 aromatic heterocycles. The van der Waals surface area contributed by atoms with Crippen LogP contribution in [0.1, 0.15) is 10.5 Å². The number of rotatable bonds is 2. The minimum atomic E-state index is -0.412. The highest BCUT2D eigenvalue weighted by Crippen LogP contribution is 1.99. The van der Waals surface area contributed by atoms with Crippen LogP contribution in [0, 0.1) is 0 Å². The minimum absolute atomic E-state index is 0.233. The number of carbonyl (C=O) groups is 1. The Hall–Kier alpha value is -1.62. The van der Waals surface area contributed by atoms with E-state index in [2.05, 4.69) is 15.3 Å². The molecule has 0 spiro atoms. The predicted molar refractivity (Wildman–Crippen MR) is 43.1 cm³/mol. The molecule has 0 aliphatic heterocycles. The molecule has 0 saturated carbocycles. The smallest absolute Gasteiger partial charge is 0.293 e. The maximum Gasteiger partial charge on any atom is 0.293 e. The fourth-order valence-electron chi connectivity index (χ4n) is 0.723. The van der Waals surface area contributed by atoms with Gasteiger partial charge in [0.2, 0.25) is 0 Å². The fourth-order valence-corrected chi connectivity index (χ4v) is 0.723. The molecule has 0 fully saturated rings. The van der Waals surface area contributed by atoms with E-state index in [1.807, 2.05) is 0 Å². The molecular weight excluding hydrogens is 158 g/mol. The topological polar surface area (TPSA) is 77.2 Å². The van der Waals surface area contributed by atoms with Crippen molar-refractivity contribution in [1.82, 2.24) is 10.5 Å². The van der Waals surface area contributed by atoms with E-state index in [1.54, 1.807) is 18.2 Å². The molecule has 0 bridgehead atoms. The third kappa shape index (κ3) is 1.93. The molecule has 1 aromatic rings. The van der Waals surface area contributed by atoms with Crippen LogP contribution in [-0.4, -0.2) is 18.0 Å². The van der Waals surface area contributed by atoms with Gasteiger partial charge in [-0.05, 0) is 12.1 Å². The first-order valence-electron chi connectivity index (χ1n) is 3.30. The second-order valence-corrected chi connectivity index (χ2v) is 2.08. The Balaban J connectivity index is 2.81. The van der Waals surface area contributed by atoms with E-state index in [9.17, 15) is 4.79 Å². The van der Waals surface area contributed by atoms with E-state index in [4.69, 9.17) is 5.73 Å². The van der Waals surface area contributed by atoms with Crippen LogP contribution in [0.4, 0.5) is 5.82 Å². The minimum Gasteiger partial charge on any atom is -0.384 e. The van der Waals surface area contributed by atoms with Gasteiger partial charge in [-0.2, -0.15) is 0 Å². The van der Waals surface area contributed by atoms with E-state index in [1.165, 1.54) is 7.11 Å². The average molecular weight is 167 g/mol. The molecule has 0 unspecified atom stereocenters. The van der Waals surface area contributed by atoms with Crippen LogP contribution in [0.5, 0.6) is 0 Å². The first kappa shape index (κ1) is 8.48. The standard InChI is InChI=1S/C7H9N3O2/c1-12-10-7(11)5-3-2-4-6(8)9-5/h2-4H,1H3,(H2,8,9)(H,10,11). The molecular formula is C7H9N3O2. The van der Waals surface area contributed by atoms with Crippen molar-refractivity contribution in [2.75, 3.05) is 12.8 Å². The van der Waals surface area contributed by atoms with Crippen LogP contribution in [0.25, 0.3) is 0 Å². The number of amides is 1. The Bertz CT molecular complexity index is 288. The van der Waals surface area contributed by atoms with Gasteiger partial charge < -0.3 is 5.73 Å². The van der Waals surface area contributed by atoms with Gasteiger partial charge in [0, 0.05) is 0 Å². The number of nitrogens with two attached hydrogens (primary N) is 1. The fraction of sp³-hybridized carbons (Fsp3) is 0.143. The summed E-state index contributed by atoms with van der Waals surface area (Å²) in [5, 5.41) is 0. The lowest BCUT2D eigenvalue weighted by molar-refractivity contribution is 0.0532. The summed E-state index contributed by atoms with van der Waals surface area (Å²) in [5.74, 6) is -0.108. The summed E-state index contributed by atoms with van der Waals surface area (Å²) < 4.78 is 0. The zero-order valence-corrected chi connectivity index (χ0v) is 6.57. The molecule has 1 heterocycles. The van der Waals surface area contributed by atoms with Crippen LogP contribution in [0.3, 0.4) is 0 Å². The molecule has 0 radical (unpaired) electrons. The Morgan fingerprint density at radius 3 is 3.00 bits per heavy atom. The van der Waals surface area contributed by atoms with E-state index < -0.39 is 5.91 Å². The summed E-state index contributed by atoms with van der Waals surface area (Å²) in [6, 6.07) is 4.79. The zero-order chi connectivity index (χ0) is 8.97. The largest absolute Gasteiger partial charge is 0.384 e. The van der Waals surface area contributed by atoms with E-state index in [0.29, 0.717) is 5.82 Å². The highest BCUT2D eigenvalue weighted by Gasteiger charge is 2.05. The normalized spacial score (nSPS) is 9.42. The molecule has 64 valence electrons. The van der Waals surface area contributed by atoms with Gasteiger partial charge >= 0.3 is 0 Å². The number of carbonyl (C=O) groups excluding carboxylic acids is 1. The quantitative estimate of drug-likeness (QED) is 0.605. The summed E-state index contributed by atoms with van der Waals surface area (Å²) in [4.78, 5) is 19.2. The average Bonchev–Trinajstić information content (AvgIpc) is 2.05. The van der Waals surface area contributed by atoms with Crippen molar-refractivity contribution in [3.8, 4) is 0 Å². The molecule has 5 nitrogen and oxygen atoms in total. The van der Waals surface area contributed by atoms with Gasteiger partial charge in [-0.3, -0.25) is 9.63 Å². The third-order valence-corrected chi connectivity index (χ3v) is 1.20. The van der Waals surface area contributed by atoms with Crippen molar-refractivity contribution in [1.29, 1.82) is 0 Å². The third-order valence-electron chi connectivity index (χ3n) is 1.20. The van der Waals surface area contributed by atoms with Crippen LogP contribution in [0.15, 0.2) is 18.2 Å². The van der Waals surface area contributed by atoms with Gasteiger partial charge in [-0.25, -0.2) is 10.5 Å². The van der Waals surface area contributed by atoms with Gasteiger partial charge in [-0.1, -0.05) is 6.07 Å². The maximum atomic E-state index is 11.0. The van der Waals surface area contributed by atoms with Gasteiger partial charge in [0.25, 0.3) is 5.91 Å². The number of pyridine rings is 1. The van der Waals surface area contributed by atoms with Crippen molar-refractivity contribution in [3.05, 3.63) is 23.9 Å². The van der Waals surface area contributed by atoms with Crippen molar-refractivity contribution in [2.24, 2.45) is 0 Å². The number of anilines is 1. The first-order chi connectivity index (χ1) is 5.74. The highest BCUT2D eigenvalue weighted by atomic mass is 16.6. The molecule has 0 saturated heterocycles. The van der Waals surface area contributed by atoms with Crippen LogP contribution in [-0.2, 0) is 4.84 Å². The number of nitrogens with one attached hydrogen (secondary N) is 1. The zero-order valence-electron chi connectivity index (χ0n) is 6.57. The van der Waals surface area contributed by atoms with Crippen LogP contribution >= 0.6 is 0 Å². The number of nitrogens with zero attached hydrogens (tertiary/aromatic N) is 1. The molecule has 5 heteroatoms. The molecule has 12 heavy (non-hydrogen) atoms. The van der Waals surface area contributed by atoms with Crippen molar-refractivity contribution in [2.45, 2.75) is 0 Å². The lowest BCUT2D eigenvalue weighted by atomic mass is 10.3. The summed E-state index contributed by atoms with van der Waals surface area (Å²) in [7, 11) is 1.35. The van der Waals surface area contributed by atoms with Crippen LogP contribution in [0.2, 0.25) is 0 Å². The second-order valence-electron chi connectivity index (χ2n) is 2.08. The van der Waals surface area contributed by atoms with Gasteiger partial charge in [0.15, 0.2) is 0 Å². The van der Waals surface area contributed by atoms with Crippen LogP contribution < -0.4 is 11.2 Å². The Morgan fingerprint density at radius 1 is 1.67 bits per heavy atom. The van der Waals surface area contributed by atoms with Gasteiger partial charge in [0.1, 0.15) is 11.5 Å². The number of hydrogen-bond donors (Lipinski definition) is 2. The molecule has 3 N–H and O–H groups in total. The second kappa shape index (κ2) is 3.68. The molecule has 0 aliphatic rings. The lowest BCUT2D eigenvalue weighted by Gasteiger charge is -2.00. The number of hydroxylamine groups is 1. The number of hydrogen-bond acceptors (Lipinski definition) is 4. The number of aromatic nitrogens is 1. The SMILES string of the molecule is CONC(=O)c1cccc(N)n1. The Kier molecular flexibility index (Phi) is 2.60. The number of nitrogen functional groups attached to an aromatic ring is 1. The van der Waals surface area contributed by atoms with E-state index in [-0.39, 0.29) is 5.69 Å². The molecule has 1 rings (SSSR count). The predicted octanol–water partition coefficient (Wildman–Crippen LogP) is -0.0450. The molecule has 0 aromatic carbocycles. The monoisotopic (exact) mass is 167 g/mol. The summed E-state index contributed by atoms with van der Waals surface area (Å²) in [5.41, 5.74) is 7.73. The maximum absolute atomic E-state index is 11.0. The van der Waals surface area contributed by atoms with Gasteiger partial charge in [0.05, 0.1) is 7.11 Å². The first-order valence-corrected chi connectivity index (χ1v) is 3.30.